The highest BCUT2D eigenvalue weighted by Gasteiger charge is 2.25. The van der Waals surface area contributed by atoms with Crippen molar-refractivity contribution in [3.8, 4) is 0 Å². The lowest BCUT2D eigenvalue weighted by molar-refractivity contribution is -0.385. The smallest absolute Gasteiger partial charge is 0.272 e. The van der Waals surface area contributed by atoms with Crippen molar-refractivity contribution in [3.63, 3.8) is 0 Å². The van der Waals surface area contributed by atoms with E-state index in [1.807, 2.05) is 25.1 Å². The van der Waals surface area contributed by atoms with Crippen LogP contribution in [0.25, 0.3) is 0 Å². The van der Waals surface area contributed by atoms with E-state index in [4.69, 9.17) is 17.2 Å². The van der Waals surface area contributed by atoms with Crippen molar-refractivity contribution in [1.82, 2.24) is 16.0 Å². The molecule has 0 aromatic heterocycles. The van der Waals surface area contributed by atoms with E-state index in [1.165, 1.54) is 25.6 Å². The van der Waals surface area contributed by atoms with Crippen LogP contribution < -0.4 is 47.9 Å². The van der Waals surface area contributed by atoms with Crippen molar-refractivity contribution in [3.05, 3.63) is 131 Å². The predicted molar refractivity (Wildman–Crippen MR) is 275 cm³/mol. The summed E-state index contributed by atoms with van der Waals surface area (Å²) in [5, 5.41) is 40.6. The molecular weight excluding hydrogens is 927 g/mol. The fourth-order valence-corrected chi connectivity index (χ4v) is 8.27. The SMILES string of the molecule is CC(=O)NC1CCN(c2ccc([N+](=O)[O-])c(C)c2)C1.CC(=O)NC1CCNC1.Cc1cc(F)ccc1[N+](=O)[O-].Cc1cc(N2CCC(N)C2)ccc1N.Cc1cc(N2CCC(N)C2)ccc1[N+](=O)[O-].Cl. The van der Waals surface area contributed by atoms with Crippen molar-refractivity contribution >= 4 is 64.0 Å². The summed E-state index contributed by atoms with van der Waals surface area (Å²) in [5.74, 6) is -0.400. The Morgan fingerprint density at radius 3 is 1.37 bits per heavy atom. The first-order chi connectivity index (χ1) is 32.6. The van der Waals surface area contributed by atoms with Crippen LogP contribution in [0.5, 0.6) is 0 Å². The third-order valence-electron chi connectivity index (χ3n) is 12.0. The van der Waals surface area contributed by atoms with Crippen molar-refractivity contribution in [2.75, 3.05) is 72.8 Å². The highest BCUT2D eigenvalue weighted by Crippen LogP contribution is 2.28. The standard InChI is InChI=1S/C13H17N3O3.C11H15N3O2.C11H17N3.C7H6FNO2.C6H12N2O.ClH/c1-9-7-12(3-4-13(9)16(18)19)15-6-5-11(8-15)14-10(2)17;1-8-6-10(2-3-11(8)14(15)16)13-5-4-9(12)7-13;1-8-6-10(2-3-11(8)13)14-5-4-9(12)7-14;1-5-4-6(8)2-3-7(5)9(10)11;1-5(9)8-6-2-3-7-4-6;/h3-4,7,11H,5-6,8H2,1-2H3,(H,14,17);2-3,6,9H,4-5,7,12H2,1H3;2-3,6,9H,4-5,7,12-13H2,1H3;2-4H,1H3;6-7H,2-4H2,1H3,(H,8,9);1H. The topological polar surface area (TPSA) is 287 Å². The molecule has 0 saturated carbocycles. The van der Waals surface area contributed by atoms with E-state index < -0.39 is 10.7 Å². The van der Waals surface area contributed by atoms with Crippen molar-refractivity contribution < 1.29 is 28.7 Å². The summed E-state index contributed by atoms with van der Waals surface area (Å²) in [4.78, 5) is 58.5. The number of benzene rings is 4. The number of nitrogens with two attached hydrogens (primary N) is 3. The molecule has 4 heterocycles. The van der Waals surface area contributed by atoms with E-state index in [-0.39, 0.29) is 63.2 Å². The Bertz CT molecular complexity index is 2430. The summed E-state index contributed by atoms with van der Waals surface area (Å²) >= 11 is 0. The number of amides is 2. The van der Waals surface area contributed by atoms with Crippen LogP contribution in [0.3, 0.4) is 0 Å². The molecule has 20 nitrogen and oxygen atoms in total. The molecule has 4 aliphatic rings. The highest BCUT2D eigenvalue weighted by molar-refractivity contribution is 5.85. The summed E-state index contributed by atoms with van der Waals surface area (Å²) in [5.41, 5.74) is 24.7. The molecule has 9 N–H and O–H groups in total. The van der Waals surface area contributed by atoms with Crippen molar-refractivity contribution in [2.45, 2.75) is 91.4 Å². The summed E-state index contributed by atoms with van der Waals surface area (Å²) in [6, 6.07) is 21.0. The number of rotatable bonds is 8. The Labute approximate surface area is 414 Å². The Kier molecular flexibility index (Phi) is 22.6. The minimum absolute atomic E-state index is 0. The van der Waals surface area contributed by atoms with Gasteiger partial charge in [-0.3, -0.25) is 39.9 Å². The van der Waals surface area contributed by atoms with Gasteiger partial charge in [0.1, 0.15) is 5.82 Å². The number of nitro groups is 3. The lowest BCUT2D eigenvalue weighted by Crippen LogP contribution is -2.35. The van der Waals surface area contributed by atoms with Crippen molar-refractivity contribution in [2.24, 2.45) is 11.5 Å². The molecular formula is C48H68ClFN12O8. The number of nitrogens with zero attached hydrogens (tertiary/aromatic N) is 6. The van der Waals surface area contributed by atoms with Crippen LogP contribution >= 0.6 is 12.4 Å². The Hall–Kier alpha value is -6.68. The first-order valence-electron chi connectivity index (χ1n) is 22.9. The second-order valence-electron chi connectivity index (χ2n) is 17.7. The van der Waals surface area contributed by atoms with Gasteiger partial charge < -0.3 is 47.9 Å². The van der Waals surface area contributed by atoms with Gasteiger partial charge >= 0.3 is 0 Å². The van der Waals surface area contributed by atoms with Gasteiger partial charge in [0.25, 0.3) is 17.1 Å². The van der Waals surface area contributed by atoms with E-state index in [0.29, 0.717) is 28.8 Å². The molecule has 4 saturated heterocycles. The molecule has 22 heteroatoms. The molecule has 8 rings (SSSR count). The Balaban J connectivity index is 0.000000236. The van der Waals surface area contributed by atoms with Crippen LogP contribution in [0.2, 0.25) is 0 Å². The minimum atomic E-state index is -0.533. The van der Waals surface area contributed by atoms with Gasteiger partial charge in [-0.25, -0.2) is 4.39 Å². The normalized spacial score (nSPS) is 18.8. The molecule has 4 fully saturated rings. The Morgan fingerprint density at radius 2 is 1.00 bits per heavy atom. The van der Waals surface area contributed by atoms with Gasteiger partial charge in [0.2, 0.25) is 11.8 Å². The second kappa shape index (κ2) is 27.5. The van der Waals surface area contributed by atoms with Gasteiger partial charge in [-0.1, -0.05) is 0 Å². The number of anilines is 4. The van der Waals surface area contributed by atoms with Crippen LogP contribution in [0.4, 0.5) is 44.2 Å². The zero-order chi connectivity index (χ0) is 50.9. The molecule has 70 heavy (non-hydrogen) atoms. The average molecular weight is 996 g/mol. The van der Waals surface area contributed by atoms with E-state index in [9.17, 15) is 44.3 Å². The number of hydrogen-bond acceptors (Lipinski definition) is 15. The molecule has 0 radical (unpaired) electrons. The number of nitro benzene ring substituents is 3. The summed E-state index contributed by atoms with van der Waals surface area (Å²) in [6.07, 6.45) is 4.04. The van der Waals surface area contributed by atoms with Gasteiger partial charge in [0.05, 0.1) is 14.8 Å². The fraction of sp³-hybridized carbons (Fsp3) is 0.458. The van der Waals surface area contributed by atoms with Crippen LogP contribution in [0, 0.1) is 63.9 Å². The maximum atomic E-state index is 12.4. The molecule has 0 bridgehead atoms. The molecule has 382 valence electrons. The molecule has 4 unspecified atom stereocenters. The molecule has 2 amide bonds. The number of halogens is 2. The number of nitrogen functional groups attached to an aromatic ring is 1. The van der Waals surface area contributed by atoms with Crippen LogP contribution in [-0.4, -0.2) is 103 Å². The number of carbonyl (C=O) groups is 2. The monoisotopic (exact) mass is 994 g/mol. The zero-order valence-electron chi connectivity index (χ0n) is 40.7. The lowest BCUT2D eigenvalue weighted by atomic mass is 10.1. The van der Waals surface area contributed by atoms with Crippen LogP contribution in [0.15, 0.2) is 72.8 Å². The summed E-state index contributed by atoms with van der Waals surface area (Å²) in [7, 11) is 0. The third kappa shape index (κ3) is 18.0. The molecule has 4 aliphatic heterocycles. The Morgan fingerprint density at radius 1 is 0.600 bits per heavy atom. The van der Waals surface area contributed by atoms with Gasteiger partial charge in [-0.15, -0.1) is 12.4 Å². The van der Waals surface area contributed by atoms with E-state index in [1.54, 1.807) is 39.0 Å². The molecule has 4 aromatic rings. The fourth-order valence-electron chi connectivity index (χ4n) is 8.27. The van der Waals surface area contributed by atoms with Crippen LogP contribution in [-0.2, 0) is 9.59 Å². The molecule has 4 atom stereocenters. The van der Waals surface area contributed by atoms with Gasteiger partial charge in [0, 0.05) is 141 Å². The zero-order valence-corrected chi connectivity index (χ0v) is 41.5. The van der Waals surface area contributed by atoms with E-state index in [2.05, 4.69) is 42.8 Å². The van der Waals surface area contributed by atoms with Crippen molar-refractivity contribution in [1.29, 1.82) is 0 Å². The number of carbonyl (C=O) groups excluding carboxylic acids is 2. The third-order valence-corrected chi connectivity index (χ3v) is 12.0. The number of nitrogens with one attached hydrogen (secondary N) is 3. The first-order valence-corrected chi connectivity index (χ1v) is 22.9. The summed E-state index contributed by atoms with van der Waals surface area (Å²) < 4.78 is 12.4. The van der Waals surface area contributed by atoms with E-state index in [0.717, 1.165) is 119 Å². The largest absolute Gasteiger partial charge is 0.399 e. The minimum Gasteiger partial charge on any atom is -0.399 e. The predicted octanol–water partition coefficient (Wildman–Crippen LogP) is 6.12. The summed E-state index contributed by atoms with van der Waals surface area (Å²) in [6.45, 7) is 17.4. The van der Waals surface area contributed by atoms with Crippen LogP contribution in [0.1, 0.15) is 61.8 Å². The van der Waals surface area contributed by atoms with E-state index >= 15 is 0 Å². The molecule has 0 spiro atoms. The first kappa shape index (κ1) is 57.6. The van der Waals surface area contributed by atoms with Gasteiger partial charge in [0.15, 0.2) is 0 Å². The molecule has 4 aromatic carbocycles. The second-order valence-corrected chi connectivity index (χ2v) is 17.7. The lowest BCUT2D eigenvalue weighted by Gasteiger charge is -2.19. The maximum absolute atomic E-state index is 12.4. The molecule has 0 aliphatic carbocycles. The quantitative estimate of drug-likeness (QED) is 0.0659. The average Bonchev–Trinajstić information content (AvgIpc) is 4.12. The highest BCUT2D eigenvalue weighted by atomic mass is 35.5. The number of aryl methyl sites for hydroxylation is 4. The maximum Gasteiger partial charge on any atom is 0.272 e. The number of hydrogen-bond donors (Lipinski definition) is 6. The van der Waals surface area contributed by atoms with Gasteiger partial charge in [-0.2, -0.15) is 0 Å². The van der Waals surface area contributed by atoms with Gasteiger partial charge in [-0.05, 0) is 120 Å².